The molecule has 0 heterocycles. The molecule has 0 aromatic rings. The first kappa shape index (κ1) is 15.9. The van der Waals surface area contributed by atoms with E-state index in [1.807, 2.05) is 11.9 Å². The molecule has 0 rings (SSSR count). The minimum Gasteiger partial charge on any atom is -0.548 e. The van der Waals surface area contributed by atoms with Crippen LogP contribution in [-0.4, -0.2) is 30.5 Å². The first-order valence-electron chi connectivity index (χ1n) is 4.50. The van der Waals surface area contributed by atoms with Crippen molar-refractivity contribution < 1.29 is 39.5 Å². The standard InChI is InChI=1S/C9H19NO2.Na/c1-4-5-6-7-10(3)8(2)9(11)12;/h8H,4-7H2,1-3H3,(H,11,12);/q;+1/p-1. The number of hydrogen-bond acceptors (Lipinski definition) is 3. The fraction of sp³-hybridized carbons (Fsp3) is 0.889. The van der Waals surface area contributed by atoms with Crippen molar-refractivity contribution >= 4 is 5.97 Å². The number of carbonyl (C=O) groups excluding carboxylic acids is 1. The van der Waals surface area contributed by atoms with E-state index in [0.29, 0.717) is 0 Å². The number of rotatable bonds is 6. The molecule has 1 unspecified atom stereocenters. The molecule has 3 nitrogen and oxygen atoms in total. The number of unbranched alkanes of at least 4 members (excludes halogenated alkanes) is 2. The van der Waals surface area contributed by atoms with Gasteiger partial charge in [-0.25, -0.2) is 0 Å². The summed E-state index contributed by atoms with van der Waals surface area (Å²) in [5.74, 6) is -0.992. The minimum atomic E-state index is -0.992. The quantitative estimate of drug-likeness (QED) is 0.341. The fourth-order valence-electron chi connectivity index (χ4n) is 0.985. The SMILES string of the molecule is CCCCCN(C)C(C)C(=O)[O-].[Na+]. The number of carboxylic acids is 1. The van der Waals surface area contributed by atoms with E-state index in [2.05, 4.69) is 6.92 Å². The van der Waals surface area contributed by atoms with Crippen LogP contribution in [0.1, 0.15) is 33.1 Å². The molecule has 1 atom stereocenters. The molecule has 0 radical (unpaired) electrons. The van der Waals surface area contributed by atoms with Gasteiger partial charge in [0.2, 0.25) is 0 Å². The molecule has 0 amide bonds. The molecular weight excluding hydrogens is 177 g/mol. The van der Waals surface area contributed by atoms with Gasteiger partial charge in [0.25, 0.3) is 0 Å². The van der Waals surface area contributed by atoms with Crippen LogP contribution in [0.3, 0.4) is 0 Å². The normalized spacial score (nSPS) is 12.3. The first-order chi connectivity index (χ1) is 5.59. The molecule has 0 aromatic carbocycles. The van der Waals surface area contributed by atoms with Gasteiger partial charge in [-0.2, -0.15) is 0 Å². The molecule has 0 N–H and O–H groups in total. The van der Waals surface area contributed by atoms with E-state index in [-0.39, 0.29) is 29.6 Å². The van der Waals surface area contributed by atoms with Crippen LogP contribution in [0.4, 0.5) is 0 Å². The van der Waals surface area contributed by atoms with Gasteiger partial charge in [0.05, 0.1) is 5.97 Å². The number of hydrogen-bond donors (Lipinski definition) is 0. The van der Waals surface area contributed by atoms with E-state index in [4.69, 9.17) is 0 Å². The molecule has 0 bridgehead atoms. The number of aliphatic carboxylic acids is 1. The van der Waals surface area contributed by atoms with E-state index in [9.17, 15) is 9.90 Å². The Bertz CT molecular complexity index is 142. The van der Waals surface area contributed by atoms with Crippen molar-refractivity contribution in [3.63, 3.8) is 0 Å². The van der Waals surface area contributed by atoms with Gasteiger partial charge in [-0.3, -0.25) is 4.90 Å². The van der Waals surface area contributed by atoms with Gasteiger partial charge in [-0.1, -0.05) is 19.8 Å². The Morgan fingerprint density at radius 3 is 2.38 bits per heavy atom. The molecule has 4 heteroatoms. The summed E-state index contributed by atoms with van der Waals surface area (Å²) in [5, 5.41) is 10.4. The summed E-state index contributed by atoms with van der Waals surface area (Å²) in [6.45, 7) is 4.62. The van der Waals surface area contributed by atoms with Crippen molar-refractivity contribution in [2.45, 2.75) is 39.2 Å². The Morgan fingerprint density at radius 2 is 2.00 bits per heavy atom. The third kappa shape index (κ3) is 7.50. The third-order valence-electron chi connectivity index (χ3n) is 2.12. The summed E-state index contributed by atoms with van der Waals surface area (Å²) in [5.41, 5.74) is 0. The Balaban J connectivity index is 0. The molecule has 0 saturated carbocycles. The molecular formula is C9H18NNaO2. The maximum absolute atomic E-state index is 10.4. The van der Waals surface area contributed by atoms with Crippen molar-refractivity contribution in [3.8, 4) is 0 Å². The zero-order valence-electron chi connectivity index (χ0n) is 9.17. The summed E-state index contributed by atoms with van der Waals surface area (Å²) in [6.07, 6.45) is 3.38. The molecule has 13 heavy (non-hydrogen) atoms. The number of carbonyl (C=O) groups is 1. The fourth-order valence-corrected chi connectivity index (χ4v) is 0.985. The molecule has 0 aromatic heterocycles. The van der Waals surface area contributed by atoms with E-state index in [0.717, 1.165) is 25.8 Å². The van der Waals surface area contributed by atoms with Gasteiger partial charge in [0.1, 0.15) is 0 Å². The van der Waals surface area contributed by atoms with Gasteiger partial charge >= 0.3 is 29.6 Å². The minimum absolute atomic E-state index is 0. The van der Waals surface area contributed by atoms with Crippen molar-refractivity contribution in [2.24, 2.45) is 0 Å². The van der Waals surface area contributed by atoms with E-state index in [1.165, 1.54) is 0 Å². The van der Waals surface area contributed by atoms with Crippen molar-refractivity contribution in [2.75, 3.05) is 13.6 Å². The molecule has 0 aliphatic carbocycles. The van der Waals surface area contributed by atoms with E-state index >= 15 is 0 Å². The van der Waals surface area contributed by atoms with Crippen molar-refractivity contribution in [1.29, 1.82) is 0 Å². The molecule has 0 fully saturated rings. The Labute approximate surface area is 103 Å². The second kappa shape index (κ2) is 9.00. The molecule has 0 spiro atoms. The van der Waals surface area contributed by atoms with Crippen LogP contribution in [0.15, 0.2) is 0 Å². The second-order valence-corrected chi connectivity index (χ2v) is 3.18. The van der Waals surface area contributed by atoms with Crippen LogP contribution in [0, 0.1) is 0 Å². The molecule has 72 valence electrons. The topological polar surface area (TPSA) is 43.4 Å². The summed E-state index contributed by atoms with van der Waals surface area (Å²) < 4.78 is 0. The van der Waals surface area contributed by atoms with Crippen LogP contribution in [-0.2, 0) is 4.79 Å². The van der Waals surface area contributed by atoms with Gasteiger partial charge in [-0.05, 0) is 26.9 Å². The smallest absolute Gasteiger partial charge is 0.548 e. The van der Waals surface area contributed by atoms with Crippen LogP contribution >= 0.6 is 0 Å². The number of carboxylic acid groups (broad SMARTS) is 1. The van der Waals surface area contributed by atoms with E-state index in [1.54, 1.807) is 6.92 Å². The Morgan fingerprint density at radius 1 is 1.46 bits per heavy atom. The van der Waals surface area contributed by atoms with Crippen molar-refractivity contribution in [1.82, 2.24) is 4.90 Å². The third-order valence-corrected chi connectivity index (χ3v) is 2.12. The zero-order chi connectivity index (χ0) is 9.56. The van der Waals surface area contributed by atoms with Crippen LogP contribution < -0.4 is 34.7 Å². The monoisotopic (exact) mass is 195 g/mol. The first-order valence-corrected chi connectivity index (χ1v) is 4.50. The van der Waals surface area contributed by atoms with Crippen LogP contribution in [0.5, 0.6) is 0 Å². The average Bonchev–Trinajstić information content (AvgIpc) is 2.03. The Hall–Kier alpha value is 0.430. The van der Waals surface area contributed by atoms with Gasteiger partial charge < -0.3 is 9.90 Å². The molecule has 0 saturated heterocycles. The number of likely N-dealkylation sites (N-methyl/N-ethyl adjacent to an activating group) is 1. The summed E-state index contributed by atoms with van der Waals surface area (Å²) in [7, 11) is 1.82. The van der Waals surface area contributed by atoms with Gasteiger partial charge in [0.15, 0.2) is 0 Å². The number of nitrogens with zero attached hydrogens (tertiary/aromatic N) is 1. The summed E-state index contributed by atoms with van der Waals surface area (Å²) in [4.78, 5) is 12.2. The maximum Gasteiger partial charge on any atom is 1.00 e. The van der Waals surface area contributed by atoms with Crippen LogP contribution in [0.25, 0.3) is 0 Å². The summed E-state index contributed by atoms with van der Waals surface area (Å²) in [6, 6.07) is -0.471. The zero-order valence-corrected chi connectivity index (χ0v) is 11.2. The second-order valence-electron chi connectivity index (χ2n) is 3.18. The Kier molecular flexibility index (Phi) is 11.0. The summed E-state index contributed by atoms with van der Waals surface area (Å²) >= 11 is 0. The predicted octanol–water partition coefficient (Wildman–Crippen LogP) is -2.75. The predicted molar refractivity (Wildman–Crippen MR) is 46.6 cm³/mol. The average molecular weight is 195 g/mol. The molecule has 0 aliphatic heterocycles. The van der Waals surface area contributed by atoms with Crippen molar-refractivity contribution in [3.05, 3.63) is 0 Å². The largest absolute Gasteiger partial charge is 1.00 e. The van der Waals surface area contributed by atoms with Gasteiger partial charge in [0, 0.05) is 6.04 Å². The van der Waals surface area contributed by atoms with Crippen LogP contribution in [0.2, 0.25) is 0 Å². The maximum atomic E-state index is 10.4. The van der Waals surface area contributed by atoms with Gasteiger partial charge in [-0.15, -0.1) is 0 Å². The molecule has 0 aliphatic rings. The van der Waals surface area contributed by atoms with E-state index < -0.39 is 12.0 Å².